The Balaban J connectivity index is 1.91. The van der Waals surface area contributed by atoms with Gasteiger partial charge >= 0.3 is 11.7 Å². The van der Waals surface area contributed by atoms with E-state index in [9.17, 15) is 14.9 Å². The summed E-state index contributed by atoms with van der Waals surface area (Å²) >= 11 is 3.33. The van der Waals surface area contributed by atoms with Gasteiger partial charge in [-0.05, 0) is 15.9 Å². The van der Waals surface area contributed by atoms with Crippen molar-refractivity contribution in [2.24, 2.45) is 0 Å². The van der Waals surface area contributed by atoms with E-state index in [2.05, 4.69) is 26.2 Å². The lowest BCUT2D eigenvalue weighted by molar-refractivity contribution is -0.384. The van der Waals surface area contributed by atoms with Crippen molar-refractivity contribution in [1.82, 2.24) is 15.2 Å². The molecule has 106 valence electrons. The Morgan fingerprint density at radius 1 is 1.45 bits per heavy atom. The molecule has 0 spiro atoms. The van der Waals surface area contributed by atoms with Crippen LogP contribution in [0.5, 0.6) is 0 Å². The number of aromatic nitrogens is 1. The summed E-state index contributed by atoms with van der Waals surface area (Å²) in [5, 5.41) is 13.9. The SMILES string of the molecule is O=C1NCC2CN(c3c(Br)cncc3[N+](=O)[O-])CCN12. The van der Waals surface area contributed by atoms with Crippen molar-refractivity contribution >= 4 is 33.3 Å². The third-order valence-corrected chi connectivity index (χ3v) is 4.18. The minimum absolute atomic E-state index is 0.0230. The molecule has 1 N–H and O–H groups in total. The minimum Gasteiger partial charge on any atom is -0.361 e. The highest BCUT2D eigenvalue weighted by molar-refractivity contribution is 9.10. The third-order valence-electron chi connectivity index (χ3n) is 3.60. The summed E-state index contributed by atoms with van der Waals surface area (Å²) < 4.78 is 0.595. The molecule has 3 heterocycles. The van der Waals surface area contributed by atoms with Crippen molar-refractivity contribution in [3.8, 4) is 0 Å². The molecule has 2 aliphatic rings. The number of carbonyl (C=O) groups excluding carboxylic acids is 1. The van der Waals surface area contributed by atoms with Crippen LogP contribution in [0.2, 0.25) is 0 Å². The van der Waals surface area contributed by atoms with Crippen molar-refractivity contribution < 1.29 is 9.72 Å². The normalized spacial score (nSPS) is 21.6. The predicted octanol–water partition coefficient (Wildman–Crippen LogP) is 0.966. The number of hydrogen-bond acceptors (Lipinski definition) is 5. The minimum atomic E-state index is -0.433. The van der Waals surface area contributed by atoms with Gasteiger partial charge in [0, 0.05) is 32.4 Å². The van der Waals surface area contributed by atoms with Gasteiger partial charge in [0.2, 0.25) is 0 Å². The van der Waals surface area contributed by atoms with Gasteiger partial charge in [0.25, 0.3) is 0 Å². The molecule has 20 heavy (non-hydrogen) atoms. The molecule has 8 nitrogen and oxygen atoms in total. The van der Waals surface area contributed by atoms with Crippen molar-refractivity contribution in [3.63, 3.8) is 0 Å². The maximum absolute atomic E-state index is 11.6. The van der Waals surface area contributed by atoms with Crippen LogP contribution in [0.3, 0.4) is 0 Å². The number of anilines is 1. The van der Waals surface area contributed by atoms with Crippen LogP contribution in [0, 0.1) is 10.1 Å². The molecular formula is C11H12BrN5O3. The number of nitrogens with one attached hydrogen (secondary N) is 1. The molecule has 1 aromatic heterocycles. The first kappa shape index (κ1) is 13.1. The van der Waals surface area contributed by atoms with Crippen LogP contribution < -0.4 is 10.2 Å². The second kappa shape index (κ2) is 4.89. The highest BCUT2D eigenvalue weighted by Crippen LogP contribution is 2.36. The van der Waals surface area contributed by atoms with E-state index in [4.69, 9.17) is 0 Å². The average Bonchev–Trinajstić information content (AvgIpc) is 2.79. The van der Waals surface area contributed by atoms with Gasteiger partial charge in [-0.1, -0.05) is 0 Å². The molecular weight excluding hydrogens is 330 g/mol. The summed E-state index contributed by atoms with van der Waals surface area (Å²) in [4.78, 5) is 29.8. The van der Waals surface area contributed by atoms with Crippen molar-refractivity contribution in [1.29, 1.82) is 0 Å². The zero-order chi connectivity index (χ0) is 14.3. The number of nitro groups is 1. The zero-order valence-corrected chi connectivity index (χ0v) is 12.0. The van der Waals surface area contributed by atoms with Crippen molar-refractivity contribution in [2.45, 2.75) is 6.04 Å². The Morgan fingerprint density at radius 3 is 3.00 bits per heavy atom. The first-order valence-corrected chi connectivity index (χ1v) is 6.94. The Hall–Kier alpha value is -1.90. The summed E-state index contributed by atoms with van der Waals surface area (Å²) in [6.07, 6.45) is 2.80. The fourth-order valence-electron chi connectivity index (χ4n) is 2.67. The number of carbonyl (C=O) groups is 1. The molecule has 0 saturated carbocycles. The standard InChI is InChI=1S/C11H12BrN5O3/c12-8-4-13-5-9(17(19)20)10(8)15-1-2-16-7(6-15)3-14-11(16)18/h4-5,7H,1-3,6H2,(H,14,18). The number of halogens is 1. The topological polar surface area (TPSA) is 91.6 Å². The van der Waals surface area contributed by atoms with E-state index < -0.39 is 4.92 Å². The summed E-state index contributed by atoms with van der Waals surface area (Å²) in [6.45, 7) is 2.27. The lowest BCUT2D eigenvalue weighted by Crippen LogP contribution is -2.52. The molecule has 9 heteroatoms. The van der Waals surface area contributed by atoms with Gasteiger partial charge < -0.3 is 15.1 Å². The Morgan fingerprint density at radius 2 is 2.25 bits per heavy atom. The smallest absolute Gasteiger partial charge is 0.317 e. The van der Waals surface area contributed by atoms with Gasteiger partial charge in [-0.25, -0.2) is 4.79 Å². The highest BCUT2D eigenvalue weighted by Gasteiger charge is 2.37. The fraction of sp³-hybridized carbons (Fsp3) is 0.455. The number of pyridine rings is 1. The molecule has 1 atom stereocenters. The van der Waals surface area contributed by atoms with Crippen molar-refractivity contribution in [2.75, 3.05) is 31.1 Å². The van der Waals surface area contributed by atoms with Gasteiger partial charge in [-0.2, -0.15) is 0 Å². The number of amides is 2. The van der Waals surface area contributed by atoms with Crippen LogP contribution >= 0.6 is 15.9 Å². The van der Waals surface area contributed by atoms with Crippen LogP contribution in [0.1, 0.15) is 0 Å². The lowest BCUT2D eigenvalue weighted by Gasteiger charge is -2.37. The first-order valence-electron chi connectivity index (χ1n) is 6.15. The number of urea groups is 1. The fourth-order valence-corrected chi connectivity index (χ4v) is 3.24. The van der Waals surface area contributed by atoms with E-state index in [1.807, 2.05) is 4.90 Å². The number of hydrogen-bond donors (Lipinski definition) is 1. The largest absolute Gasteiger partial charge is 0.361 e. The molecule has 2 fully saturated rings. The predicted molar refractivity (Wildman–Crippen MR) is 74.7 cm³/mol. The molecule has 2 saturated heterocycles. The Kier molecular flexibility index (Phi) is 3.20. The molecule has 2 aliphatic heterocycles. The van der Waals surface area contributed by atoms with Gasteiger partial charge in [0.05, 0.1) is 15.4 Å². The number of piperazine rings is 1. The second-order valence-electron chi connectivity index (χ2n) is 4.73. The molecule has 0 aliphatic carbocycles. The van der Waals surface area contributed by atoms with E-state index in [1.54, 1.807) is 11.1 Å². The van der Waals surface area contributed by atoms with Crippen LogP contribution in [0.4, 0.5) is 16.2 Å². The number of nitrogens with zero attached hydrogens (tertiary/aromatic N) is 4. The first-order chi connectivity index (χ1) is 9.58. The van der Waals surface area contributed by atoms with Crippen LogP contribution in [-0.2, 0) is 0 Å². The van der Waals surface area contributed by atoms with Crippen LogP contribution in [0.15, 0.2) is 16.9 Å². The lowest BCUT2D eigenvalue weighted by atomic mass is 10.1. The van der Waals surface area contributed by atoms with E-state index in [1.165, 1.54) is 6.20 Å². The van der Waals surface area contributed by atoms with Crippen LogP contribution in [-0.4, -0.2) is 53.1 Å². The highest BCUT2D eigenvalue weighted by atomic mass is 79.9. The molecule has 0 radical (unpaired) electrons. The summed E-state index contributed by atoms with van der Waals surface area (Å²) in [5.74, 6) is 0. The summed E-state index contributed by atoms with van der Waals surface area (Å²) in [6, 6.07) is -0.00568. The van der Waals surface area contributed by atoms with Gasteiger partial charge in [-0.15, -0.1) is 0 Å². The summed E-state index contributed by atoms with van der Waals surface area (Å²) in [7, 11) is 0. The van der Waals surface area contributed by atoms with E-state index in [0.29, 0.717) is 36.3 Å². The molecule has 0 aromatic carbocycles. The average molecular weight is 342 g/mol. The van der Waals surface area contributed by atoms with Gasteiger partial charge in [0.15, 0.2) is 0 Å². The summed E-state index contributed by atoms with van der Waals surface area (Å²) in [5.41, 5.74) is 0.508. The van der Waals surface area contributed by atoms with E-state index in [0.717, 1.165) is 0 Å². The second-order valence-corrected chi connectivity index (χ2v) is 5.58. The maximum atomic E-state index is 11.6. The van der Waals surface area contributed by atoms with E-state index >= 15 is 0 Å². The van der Waals surface area contributed by atoms with E-state index in [-0.39, 0.29) is 17.8 Å². The zero-order valence-electron chi connectivity index (χ0n) is 10.5. The van der Waals surface area contributed by atoms with Crippen LogP contribution in [0.25, 0.3) is 0 Å². The Labute approximate surface area is 123 Å². The molecule has 2 amide bonds. The number of rotatable bonds is 2. The van der Waals surface area contributed by atoms with Crippen molar-refractivity contribution in [3.05, 3.63) is 27.0 Å². The molecule has 0 bridgehead atoms. The Bertz CT molecular complexity index is 581. The van der Waals surface area contributed by atoms with Gasteiger partial charge in [0.1, 0.15) is 11.9 Å². The third kappa shape index (κ3) is 2.07. The number of fused-ring (bicyclic) bond motifs is 1. The maximum Gasteiger partial charge on any atom is 0.317 e. The molecule has 1 aromatic rings. The monoisotopic (exact) mass is 341 g/mol. The molecule has 3 rings (SSSR count). The molecule has 1 unspecified atom stereocenters. The van der Waals surface area contributed by atoms with Gasteiger partial charge in [-0.3, -0.25) is 15.1 Å². The quantitative estimate of drug-likeness (QED) is 0.639.